The topological polar surface area (TPSA) is 84.9 Å². The third-order valence-corrected chi connectivity index (χ3v) is 6.50. The lowest BCUT2D eigenvalue weighted by Crippen LogP contribution is -2.54. The predicted molar refractivity (Wildman–Crippen MR) is 137 cm³/mol. The van der Waals surface area contributed by atoms with Crippen molar-refractivity contribution in [1.29, 1.82) is 0 Å². The van der Waals surface area contributed by atoms with E-state index in [9.17, 15) is 14.4 Å². The number of methoxy groups -OCH3 is 1. The van der Waals surface area contributed by atoms with Crippen LogP contribution in [-0.4, -0.2) is 25.0 Å². The summed E-state index contributed by atoms with van der Waals surface area (Å²) >= 11 is 15.5. The highest BCUT2D eigenvalue weighted by Crippen LogP contribution is 2.36. The van der Waals surface area contributed by atoms with E-state index in [4.69, 9.17) is 32.7 Å². The Kier molecular flexibility index (Phi) is 7.45. The van der Waals surface area contributed by atoms with Gasteiger partial charge in [0.05, 0.1) is 22.8 Å². The van der Waals surface area contributed by atoms with Gasteiger partial charge in [0.2, 0.25) is 0 Å². The summed E-state index contributed by atoms with van der Waals surface area (Å²) in [7, 11) is 1.47. The van der Waals surface area contributed by atoms with Crippen molar-refractivity contribution in [3.05, 3.63) is 91.9 Å². The van der Waals surface area contributed by atoms with Gasteiger partial charge < -0.3 is 9.47 Å². The van der Waals surface area contributed by atoms with Crippen LogP contribution in [0.25, 0.3) is 6.08 Å². The van der Waals surface area contributed by atoms with Gasteiger partial charge in [-0.3, -0.25) is 14.9 Å². The smallest absolute Gasteiger partial charge is 0.335 e. The maximum absolute atomic E-state index is 13.1. The number of ether oxygens (including phenoxy) is 2. The van der Waals surface area contributed by atoms with Crippen LogP contribution in [-0.2, 0) is 16.2 Å². The number of amides is 4. The molecule has 35 heavy (non-hydrogen) atoms. The molecule has 3 aromatic carbocycles. The molecule has 0 radical (unpaired) electrons. The number of rotatable bonds is 6. The number of para-hydroxylation sites is 1. The molecule has 0 bridgehead atoms. The van der Waals surface area contributed by atoms with Gasteiger partial charge in [0.25, 0.3) is 11.8 Å². The number of carbonyl (C=O) groups is 3. The highest BCUT2D eigenvalue weighted by atomic mass is 79.9. The Labute approximate surface area is 219 Å². The number of hydrogen-bond acceptors (Lipinski definition) is 5. The Bertz CT molecular complexity index is 1360. The number of imide groups is 2. The van der Waals surface area contributed by atoms with E-state index in [1.54, 1.807) is 60.7 Å². The van der Waals surface area contributed by atoms with Crippen LogP contribution in [0.5, 0.6) is 11.5 Å². The molecule has 10 heteroatoms. The summed E-state index contributed by atoms with van der Waals surface area (Å²) in [5.74, 6) is -0.735. The van der Waals surface area contributed by atoms with E-state index in [0.717, 1.165) is 10.5 Å². The van der Waals surface area contributed by atoms with Gasteiger partial charge in [-0.1, -0.05) is 63.4 Å². The monoisotopic (exact) mass is 574 g/mol. The first kappa shape index (κ1) is 24.8. The average Bonchev–Trinajstić information content (AvgIpc) is 2.84. The standard InChI is InChI=1S/C25H17BrCl2N2O5/c1-34-21-11-15(18(26)12-22(21)35-13-14-7-8-19(27)20(28)9-14)10-17-23(31)29-25(33)30(24(17)32)16-5-3-2-4-6-16/h2-12H,13H2,1H3,(H,29,31,33)/b17-10-. The molecule has 0 saturated carbocycles. The number of urea groups is 1. The first-order chi connectivity index (χ1) is 16.8. The van der Waals surface area contributed by atoms with Crippen LogP contribution in [0.2, 0.25) is 10.0 Å². The van der Waals surface area contributed by atoms with E-state index in [-0.39, 0.29) is 12.2 Å². The molecule has 1 aliphatic heterocycles. The van der Waals surface area contributed by atoms with Crippen molar-refractivity contribution in [2.45, 2.75) is 6.61 Å². The zero-order valence-corrected chi connectivity index (χ0v) is 21.3. The normalized spacial score (nSPS) is 14.8. The molecule has 4 amide bonds. The Morgan fingerprint density at radius 1 is 0.971 bits per heavy atom. The minimum atomic E-state index is -0.814. The van der Waals surface area contributed by atoms with Crippen molar-refractivity contribution >= 4 is 68.7 Å². The number of halogens is 3. The number of hydrogen-bond donors (Lipinski definition) is 1. The maximum Gasteiger partial charge on any atom is 0.335 e. The predicted octanol–water partition coefficient (Wildman–Crippen LogP) is 6.01. The molecule has 178 valence electrons. The lowest BCUT2D eigenvalue weighted by molar-refractivity contribution is -0.122. The molecule has 1 N–H and O–H groups in total. The molecule has 7 nitrogen and oxygen atoms in total. The molecule has 0 aromatic heterocycles. The number of anilines is 1. The van der Waals surface area contributed by atoms with Gasteiger partial charge in [-0.25, -0.2) is 9.69 Å². The van der Waals surface area contributed by atoms with Gasteiger partial charge in [0.15, 0.2) is 11.5 Å². The Morgan fingerprint density at radius 2 is 1.71 bits per heavy atom. The van der Waals surface area contributed by atoms with Crippen LogP contribution < -0.4 is 19.7 Å². The third-order valence-electron chi connectivity index (χ3n) is 5.08. The number of nitrogens with zero attached hydrogens (tertiary/aromatic N) is 1. The molecule has 0 unspecified atom stereocenters. The highest BCUT2D eigenvalue weighted by molar-refractivity contribution is 9.10. The number of barbiturate groups is 1. The highest BCUT2D eigenvalue weighted by Gasteiger charge is 2.36. The minimum absolute atomic E-state index is 0.204. The van der Waals surface area contributed by atoms with Gasteiger partial charge in [-0.05, 0) is 53.6 Å². The lowest BCUT2D eigenvalue weighted by atomic mass is 10.1. The van der Waals surface area contributed by atoms with Crippen LogP contribution in [0, 0.1) is 0 Å². The second-order valence-corrected chi connectivity index (χ2v) is 9.02. The van der Waals surface area contributed by atoms with Crippen molar-refractivity contribution < 1.29 is 23.9 Å². The molecule has 1 fully saturated rings. The molecule has 1 heterocycles. The lowest BCUT2D eigenvalue weighted by Gasteiger charge is -2.26. The molecule has 1 saturated heterocycles. The van der Waals surface area contributed by atoms with E-state index in [2.05, 4.69) is 21.2 Å². The van der Waals surface area contributed by atoms with Crippen molar-refractivity contribution in [2.75, 3.05) is 12.0 Å². The summed E-state index contributed by atoms with van der Waals surface area (Å²) in [6.07, 6.45) is 1.38. The van der Waals surface area contributed by atoms with Gasteiger partial charge in [0, 0.05) is 4.47 Å². The molecule has 3 aromatic rings. The number of benzene rings is 3. The second kappa shape index (κ2) is 10.5. The van der Waals surface area contributed by atoms with E-state index in [1.165, 1.54) is 13.2 Å². The van der Waals surface area contributed by atoms with Gasteiger partial charge in [-0.15, -0.1) is 0 Å². The zero-order valence-electron chi connectivity index (χ0n) is 18.2. The Balaban J connectivity index is 1.63. The second-order valence-electron chi connectivity index (χ2n) is 7.36. The Morgan fingerprint density at radius 3 is 2.40 bits per heavy atom. The number of nitrogens with one attached hydrogen (secondary N) is 1. The third kappa shape index (κ3) is 5.35. The quantitative estimate of drug-likeness (QED) is 0.287. The van der Waals surface area contributed by atoms with E-state index >= 15 is 0 Å². The molecular weight excluding hydrogens is 559 g/mol. The molecule has 0 atom stereocenters. The summed E-state index contributed by atoms with van der Waals surface area (Å²) in [6, 6.07) is 16.0. The maximum atomic E-state index is 13.1. The van der Waals surface area contributed by atoms with Gasteiger partial charge in [0.1, 0.15) is 12.2 Å². The summed E-state index contributed by atoms with van der Waals surface area (Å²) in [5, 5.41) is 3.07. The van der Waals surface area contributed by atoms with Crippen molar-refractivity contribution in [1.82, 2.24) is 5.32 Å². The van der Waals surface area contributed by atoms with E-state index in [1.807, 2.05) is 0 Å². The van der Waals surface area contributed by atoms with E-state index < -0.39 is 17.8 Å². The van der Waals surface area contributed by atoms with Crippen LogP contribution in [0.1, 0.15) is 11.1 Å². The zero-order chi connectivity index (χ0) is 25.1. The summed E-state index contributed by atoms with van der Waals surface area (Å²) in [5.41, 5.74) is 1.42. The average molecular weight is 576 g/mol. The fourth-order valence-corrected chi connectivity index (χ4v) is 4.11. The fraction of sp³-hybridized carbons (Fsp3) is 0.0800. The fourth-order valence-electron chi connectivity index (χ4n) is 3.35. The van der Waals surface area contributed by atoms with Crippen LogP contribution >= 0.6 is 39.1 Å². The van der Waals surface area contributed by atoms with Crippen LogP contribution in [0.15, 0.2) is 70.7 Å². The van der Waals surface area contributed by atoms with Crippen molar-refractivity contribution in [3.8, 4) is 11.5 Å². The van der Waals surface area contributed by atoms with Crippen LogP contribution in [0.3, 0.4) is 0 Å². The molecule has 1 aliphatic rings. The minimum Gasteiger partial charge on any atom is -0.493 e. The molecule has 0 spiro atoms. The summed E-state index contributed by atoms with van der Waals surface area (Å²) in [6.45, 7) is 0.204. The van der Waals surface area contributed by atoms with Crippen LogP contribution in [0.4, 0.5) is 10.5 Å². The van der Waals surface area contributed by atoms with Gasteiger partial charge in [-0.2, -0.15) is 0 Å². The summed E-state index contributed by atoms with van der Waals surface area (Å²) < 4.78 is 11.9. The van der Waals surface area contributed by atoms with E-state index in [0.29, 0.717) is 37.3 Å². The summed E-state index contributed by atoms with van der Waals surface area (Å²) in [4.78, 5) is 38.8. The molecule has 4 rings (SSSR count). The molecular formula is C25H17BrCl2N2O5. The van der Waals surface area contributed by atoms with Crippen molar-refractivity contribution in [3.63, 3.8) is 0 Å². The first-order valence-electron chi connectivity index (χ1n) is 10.2. The first-order valence-corrected chi connectivity index (χ1v) is 11.7. The Hall–Kier alpha value is -3.33. The SMILES string of the molecule is COc1cc(/C=C2/C(=O)NC(=O)N(c3ccccc3)C2=O)c(Br)cc1OCc1ccc(Cl)c(Cl)c1. The van der Waals surface area contributed by atoms with Gasteiger partial charge >= 0.3 is 6.03 Å². The number of carbonyl (C=O) groups excluding carboxylic acids is 3. The molecule has 0 aliphatic carbocycles. The largest absolute Gasteiger partial charge is 0.493 e. The van der Waals surface area contributed by atoms with Crippen molar-refractivity contribution in [2.24, 2.45) is 0 Å².